The Kier molecular flexibility index (Phi) is 6.02. The second-order valence-electron chi connectivity index (χ2n) is 5.29. The van der Waals surface area contributed by atoms with Crippen LogP contribution >= 0.6 is 0 Å². The quantitative estimate of drug-likeness (QED) is 0.738. The summed E-state index contributed by atoms with van der Waals surface area (Å²) >= 11 is 0. The zero-order valence-electron chi connectivity index (χ0n) is 13.6. The highest BCUT2D eigenvalue weighted by Crippen LogP contribution is 2.12. The lowest BCUT2D eigenvalue weighted by atomic mass is 10.2. The van der Waals surface area contributed by atoms with E-state index in [9.17, 15) is 9.59 Å². The normalized spacial score (nSPS) is 11.9. The van der Waals surface area contributed by atoms with Crippen molar-refractivity contribution in [3.63, 3.8) is 0 Å². The third kappa shape index (κ3) is 4.39. The van der Waals surface area contributed by atoms with Gasteiger partial charge in [-0.25, -0.2) is 9.48 Å². The number of hydrogen-bond donors (Lipinski definition) is 2. The van der Waals surface area contributed by atoms with E-state index in [0.29, 0.717) is 5.69 Å². The van der Waals surface area contributed by atoms with Crippen molar-refractivity contribution in [3.05, 3.63) is 41.7 Å². The monoisotopic (exact) mass is 332 g/mol. The first-order valence-electron chi connectivity index (χ1n) is 7.50. The van der Waals surface area contributed by atoms with Crippen LogP contribution in [0.5, 0.6) is 0 Å². The van der Waals surface area contributed by atoms with Gasteiger partial charge >= 0.3 is 5.97 Å². The Morgan fingerprint density at radius 1 is 1.33 bits per heavy atom. The van der Waals surface area contributed by atoms with Gasteiger partial charge in [0.05, 0.1) is 23.5 Å². The van der Waals surface area contributed by atoms with Gasteiger partial charge in [-0.2, -0.15) is 0 Å². The minimum Gasteiger partial charge on any atom is -0.480 e. The number of carboxylic acids is 1. The van der Waals surface area contributed by atoms with Crippen molar-refractivity contribution in [3.8, 4) is 5.69 Å². The van der Waals surface area contributed by atoms with Crippen LogP contribution in [0.3, 0.4) is 0 Å². The Bertz CT molecular complexity index is 699. The summed E-state index contributed by atoms with van der Waals surface area (Å²) in [6.07, 6.45) is 0.169. The van der Waals surface area contributed by atoms with Gasteiger partial charge < -0.3 is 15.2 Å². The first-order chi connectivity index (χ1) is 11.5. The number of carbonyl (C=O) groups excluding carboxylic acids is 1. The lowest BCUT2D eigenvalue weighted by Crippen LogP contribution is -2.42. The molecular weight excluding hydrogens is 312 g/mol. The van der Waals surface area contributed by atoms with Gasteiger partial charge in [-0.3, -0.25) is 4.79 Å². The second kappa shape index (κ2) is 8.21. The minimum absolute atomic E-state index is 0.0323. The Morgan fingerprint density at radius 3 is 2.67 bits per heavy atom. The molecule has 0 radical (unpaired) electrons. The number of nitrogens with zero attached hydrogens (tertiary/aromatic N) is 3. The largest absolute Gasteiger partial charge is 0.480 e. The highest BCUT2D eigenvalue weighted by molar-refractivity contribution is 5.84. The van der Waals surface area contributed by atoms with Crippen LogP contribution in [0, 0.1) is 6.92 Å². The van der Waals surface area contributed by atoms with Gasteiger partial charge in [-0.05, 0) is 19.1 Å². The minimum atomic E-state index is -1.09. The number of amides is 1. The molecule has 8 heteroatoms. The Labute approximate surface area is 139 Å². The van der Waals surface area contributed by atoms with Gasteiger partial charge in [0.25, 0.3) is 0 Å². The molecule has 0 aliphatic heterocycles. The van der Waals surface area contributed by atoms with Gasteiger partial charge in [0.1, 0.15) is 6.04 Å². The van der Waals surface area contributed by atoms with Gasteiger partial charge in [0.2, 0.25) is 5.91 Å². The summed E-state index contributed by atoms with van der Waals surface area (Å²) in [4.78, 5) is 23.2. The van der Waals surface area contributed by atoms with Crippen LogP contribution in [0.2, 0.25) is 0 Å². The predicted molar refractivity (Wildman–Crippen MR) is 85.9 cm³/mol. The molecule has 128 valence electrons. The van der Waals surface area contributed by atoms with Crippen LogP contribution in [0.25, 0.3) is 5.69 Å². The number of para-hydroxylation sites is 1. The molecular formula is C16H20N4O4. The first-order valence-corrected chi connectivity index (χ1v) is 7.50. The smallest absolute Gasteiger partial charge is 0.326 e. The molecule has 2 N–H and O–H groups in total. The summed E-state index contributed by atoms with van der Waals surface area (Å²) < 4.78 is 6.49. The molecule has 0 saturated carbocycles. The molecule has 1 unspecified atom stereocenters. The van der Waals surface area contributed by atoms with E-state index >= 15 is 0 Å². The number of ether oxygens (including phenoxy) is 1. The second-order valence-corrected chi connectivity index (χ2v) is 5.29. The molecule has 1 amide bonds. The van der Waals surface area contributed by atoms with Crippen molar-refractivity contribution in [1.29, 1.82) is 0 Å². The SMILES string of the molecule is COCCC(NC(=O)Cc1nnn(-c2ccccc2)c1C)C(=O)O. The van der Waals surface area contributed by atoms with E-state index in [1.807, 2.05) is 37.3 Å². The molecule has 1 aromatic carbocycles. The van der Waals surface area contributed by atoms with Crippen LogP contribution < -0.4 is 5.32 Å². The molecule has 0 spiro atoms. The van der Waals surface area contributed by atoms with E-state index < -0.39 is 17.9 Å². The number of aliphatic carboxylic acids is 1. The molecule has 1 heterocycles. The number of hydrogen-bond acceptors (Lipinski definition) is 5. The van der Waals surface area contributed by atoms with E-state index in [2.05, 4.69) is 15.6 Å². The summed E-state index contributed by atoms with van der Waals surface area (Å²) in [7, 11) is 1.48. The number of benzene rings is 1. The van der Waals surface area contributed by atoms with E-state index in [-0.39, 0.29) is 19.4 Å². The van der Waals surface area contributed by atoms with Crippen molar-refractivity contribution < 1.29 is 19.4 Å². The van der Waals surface area contributed by atoms with E-state index in [0.717, 1.165) is 11.4 Å². The summed E-state index contributed by atoms with van der Waals surface area (Å²) in [6, 6.07) is 8.46. The summed E-state index contributed by atoms with van der Waals surface area (Å²) in [5, 5.41) is 19.7. The van der Waals surface area contributed by atoms with Crippen LogP contribution in [0.4, 0.5) is 0 Å². The van der Waals surface area contributed by atoms with E-state index in [4.69, 9.17) is 9.84 Å². The zero-order valence-corrected chi connectivity index (χ0v) is 13.6. The van der Waals surface area contributed by atoms with Crippen molar-refractivity contribution >= 4 is 11.9 Å². The van der Waals surface area contributed by atoms with E-state index in [1.54, 1.807) is 4.68 Å². The number of nitrogens with one attached hydrogen (secondary N) is 1. The van der Waals surface area contributed by atoms with Gasteiger partial charge in [0.15, 0.2) is 0 Å². The average molecular weight is 332 g/mol. The molecule has 0 fully saturated rings. The molecule has 0 aliphatic carbocycles. The van der Waals surface area contributed by atoms with Gasteiger partial charge in [-0.1, -0.05) is 23.4 Å². The molecule has 8 nitrogen and oxygen atoms in total. The Morgan fingerprint density at radius 2 is 2.04 bits per heavy atom. The first kappa shape index (κ1) is 17.6. The van der Waals surface area contributed by atoms with Crippen LogP contribution in [-0.2, 0) is 20.7 Å². The molecule has 1 aromatic heterocycles. The third-order valence-electron chi connectivity index (χ3n) is 3.56. The number of carboxylic acid groups (broad SMARTS) is 1. The number of rotatable bonds is 8. The predicted octanol–water partition coefficient (Wildman–Crippen LogP) is 0.724. The maximum absolute atomic E-state index is 12.1. The molecule has 1 atom stereocenters. The lowest BCUT2D eigenvalue weighted by Gasteiger charge is -2.13. The van der Waals surface area contributed by atoms with Crippen molar-refractivity contribution in [2.75, 3.05) is 13.7 Å². The fourth-order valence-electron chi connectivity index (χ4n) is 2.23. The number of carbonyl (C=O) groups is 2. The molecule has 24 heavy (non-hydrogen) atoms. The summed E-state index contributed by atoms with van der Waals surface area (Å²) in [5.74, 6) is -1.51. The fourth-order valence-corrected chi connectivity index (χ4v) is 2.23. The van der Waals surface area contributed by atoms with Crippen LogP contribution in [0.15, 0.2) is 30.3 Å². The lowest BCUT2D eigenvalue weighted by molar-refractivity contribution is -0.142. The molecule has 0 aliphatic rings. The highest BCUT2D eigenvalue weighted by Gasteiger charge is 2.21. The molecule has 0 saturated heterocycles. The standard InChI is InChI=1S/C16H20N4O4/c1-11-14(18-19-20(11)12-6-4-3-5-7-12)10-15(21)17-13(16(22)23)8-9-24-2/h3-7,13H,8-10H2,1-2H3,(H,17,21)(H,22,23). The highest BCUT2D eigenvalue weighted by atomic mass is 16.5. The molecule has 2 aromatic rings. The Hall–Kier alpha value is -2.74. The maximum Gasteiger partial charge on any atom is 0.326 e. The zero-order chi connectivity index (χ0) is 17.5. The van der Waals surface area contributed by atoms with Crippen LogP contribution in [-0.4, -0.2) is 51.7 Å². The van der Waals surface area contributed by atoms with Gasteiger partial charge in [0, 0.05) is 20.1 Å². The van der Waals surface area contributed by atoms with Gasteiger partial charge in [-0.15, -0.1) is 5.10 Å². The van der Waals surface area contributed by atoms with Crippen molar-refractivity contribution in [2.24, 2.45) is 0 Å². The van der Waals surface area contributed by atoms with Crippen LogP contribution in [0.1, 0.15) is 17.8 Å². The maximum atomic E-state index is 12.1. The third-order valence-corrected chi connectivity index (χ3v) is 3.56. The summed E-state index contributed by atoms with van der Waals surface area (Å²) in [5.41, 5.74) is 2.09. The topological polar surface area (TPSA) is 106 Å². The Balaban J connectivity index is 2.04. The molecule has 0 bridgehead atoms. The molecule has 2 rings (SSSR count). The fraction of sp³-hybridized carbons (Fsp3) is 0.375. The number of aromatic nitrogens is 3. The summed E-state index contributed by atoms with van der Waals surface area (Å²) in [6.45, 7) is 2.07. The van der Waals surface area contributed by atoms with E-state index in [1.165, 1.54) is 7.11 Å². The average Bonchev–Trinajstić information content (AvgIpc) is 2.92. The van der Waals surface area contributed by atoms with Crippen molar-refractivity contribution in [1.82, 2.24) is 20.3 Å². The van der Waals surface area contributed by atoms with Crippen molar-refractivity contribution in [2.45, 2.75) is 25.8 Å². The number of methoxy groups -OCH3 is 1.